The second-order valence-corrected chi connectivity index (χ2v) is 9.11. The molecular formula is C24H27N7O2. The van der Waals surface area contributed by atoms with Crippen LogP contribution >= 0.6 is 0 Å². The molecule has 9 nitrogen and oxygen atoms in total. The maximum atomic E-state index is 13.7. The van der Waals surface area contributed by atoms with E-state index in [1.165, 1.54) is 16.1 Å². The van der Waals surface area contributed by atoms with Gasteiger partial charge in [0.1, 0.15) is 5.75 Å². The van der Waals surface area contributed by atoms with E-state index in [-0.39, 0.29) is 11.9 Å². The predicted molar refractivity (Wildman–Crippen MR) is 122 cm³/mol. The Hall–Kier alpha value is -3.49. The Labute approximate surface area is 192 Å². The van der Waals surface area contributed by atoms with Gasteiger partial charge in [-0.05, 0) is 56.4 Å². The minimum Gasteiger partial charge on any atom is -0.497 e. The van der Waals surface area contributed by atoms with Crippen molar-refractivity contribution in [3.63, 3.8) is 0 Å². The third kappa shape index (κ3) is 3.34. The summed E-state index contributed by atoms with van der Waals surface area (Å²) in [5.41, 5.74) is 4.83. The molecule has 3 aromatic rings. The predicted octanol–water partition coefficient (Wildman–Crippen LogP) is 2.21. The van der Waals surface area contributed by atoms with Crippen LogP contribution in [0.25, 0.3) is 5.69 Å². The second kappa shape index (κ2) is 7.83. The van der Waals surface area contributed by atoms with Gasteiger partial charge in [0, 0.05) is 36.9 Å². The van der Waals surface area contributed by atoms with Gasteiger partial charge < -0.3 is 14.5 Å². The molecule has 9 heteroatoms. The van der Waals surface area contributed by atoms with Crippen molar-refractivity contribution in [2.45, 2.75) is 38.6 Å². The summed E-state index contributed by atoms with van der Waals surface area (Å²) in [5, 5.41) is 8.45. The lowest BCUT2D eigenvalue weighted by Gasteiger charge is -2.53. The van der Waals surface area contributed by atoms with Crippen LogP contribution in [0.3, 0.4) is 0 Å². The second-order valence-electron chi connectivity index (χ2n) is 9.11. The Bertz CT molecular complexity index is 1210. The fraction of sp³-hybridized carbons (Fsp3) is 0.458. The van der Waals surface area contributed by atoms with Crippen LogP contribution in [0.5, 0.6) is 5.75 Å². The smallest absolute Gasteiger partial charge is 0.256 e. The normalized spacial score (nSPS) is 21.4. The zero-order chi connectivity index (χ0) is 22.5. The van der Waals surface area contributed by atoms with E-state index in [0.29, 0.717) is 22.9 Å². The highest BCUT2D eigenvalue weighted by atomic mass is 16.5. The summed E-state index contributed by atoms with van der Waals surface area (Å²) in [5.74, 6) is 1.94. The molecule has 33 heavy (non-hydrogen) atoms. The van der Waals surface area contributed by atoms with E-state index in [2.05, 4.69) is 22.0 Å². The number of carbonyl (C=O) groups is 1. The molecule has 2 atom stereocenters. The lowest BCUT2D eigenvalue weighted by molar-refractivity contribution is 0.00763. The summed E-state index contributed by atoms with van der Waals surface area (Å²) in [6.45, 7) is 4.55. The highest BCUT2D eigenvalue weighted by molar-refractivity contribution is 5.99. The van der Waals surface area contributed by atoms with E-state index < -0.39 is 0 Å². The molecule has 2 aromatic heterocycles. The van der Waals surface area contributed by atoms with Gasteiger partial charge in [0.2, 0.25) is 5.95 Å². The SMILES string of the molecule is COc1ccc(-n2nccn2)c(C(=O)N2C[C@H]3CCN(c4nc(C)c5c(n4)CCC5)C[C@H]32)c1. The Balaban J connectivity index is 1.26. The number of piperidine rings is 1. The molecule has 0 unspecified atom stereocenters. The van der Waals surface area contributed by atoms with Crippen molar-refractivity contribution >= 4 is 11.9 Å². The van der Waals surface area contributed by atoms with Crippen LogP contribution in [0.2, 0.25) is 0 Å². The molecule has 0 radical (unpaired) electrons. The number of aromatic nitrogens is 5. The van der Waals surface area contributed by atoms with Gasteiger partial charge in [0.05, 0.1) is 36.8 Å². The Kier molecular flexibility index (Phi) is 4.78. The van der Waals surface area contributed by atoms with E-state index in [4.69, 9.17) is 14.7 Å². The third-order valence-corrected chi connectivity index (χ3v) is 7.29. The zero-order valence-electron chi connectivity index (χ0n) is 18.9. The summed E-state index contributed by atoms with van der Waals surface area (Å²) in [6.07, 6.45) is 7.54. The van der Waals surface area contributed by atoms with E-state index >= 15 is 0 Å². The molecule has 2 fully saturated rings. The van der Waals surface area contributed by atoms with Crippen LogP contribution in [0, 0.1) is 12.8 Å². The van der Waals surface area contributed by atoms with Crippen LogP contribution in [0.1, 0.15) is 40.2 Å². The number of rotatable bonds is 4. The molecule has 3 aliphatic rings. The molecule has 4 heterocycles. The maximum Gasteiger partial charge on any atom is 0.256 e. The minimum atomic E-state index is -0.0182. The third-order valence-electron chi connectivity index (χ3n) is 7.29. The molecule has 1 aliphatic carbocycles. The Morgan fingerprint density at radius 1 is 1.12 bits per heavy atom. The number of aryl methyl sites for hydroxylation is 2. The number of carbonyl (C=O) groups excluding carboxylic acids is 1. The highest BCUT2D eigenvalue weighted by Gasteiger charge is 2.46. The van der Waals surface area contributed by atoms with Crippen molar-refractivity contribution in [3.05, 3.63) is 53.1 Å². The number of amides is 1. The van der Waals surface area contributed by atoms with Crippen LogP contribution in [0.15, 0.2) is 30.6 Å². The lowest BCUT2D eigenvalue weighted by atomic mass is 9.81. The average Bonchev–Trinajstić information content (AvgIpc) is 3.52. The maximum absolute atomic E-state index is 13.7. The van der Waals surface area contributed by atoms with Gasteiger partial charge in [-0.1, -0.05) is 0 Å². The monoisotopic (exact) mass is 445 g/mol. The van der Waals surface area contributed by atoms with Gasteiger partial charge in [0.25, 0.3) is 5.91 Å². The number of methoxy groups -OCH3 is 1. The molecule has 0 spiro atoms. The Morgan fingerprint density at radius 3 is 2.79 bits per heavy atom. The number of hydrogen-bond acceptors (Lipinski definition) is 7. The molecular weight excluding hydrogens is 418 g/mol. The first-order valence-electron chi connectivity index (χ1n) is 11.6. The van der Waals surface area contributed by atoms with Gasteiger partial charge in [-0.2, -0.15) is 15.0 Å². The molecule has 2 saturated heterocycles. The van der Waals surface area contributed by atoms with Crippen molar-refractivity contribution in [1.29, 1.82) is 0 Å². The number of nitrogens with zero attached hydrogens (tertiary/aromatic N) is 7. The van der Waals surface area contributed by atoms with E-state index in [1.807, 2.05) is 17.0 Å². The first kappa shape index (κ1) is 20.1. The van der Waals surface area contributed by atoms with E-state index in [9.17, 15) is 4.79 Å². The van der Waals surface area contributed by atoms with Gasteiger partial charge in [-0.15, -0.1) is 0 Å². The number of anilines is 1. The van der Waals surface area contributed by atoms with Crippen molar-refractivity contribution in [2.24, 2.45) is 5.92 Å². The summed E-state index contributed by atoms with van der Waals surface area (Å²) < 4.78 is 5.39. The van der Waals surface area contributed by atoms with Crippen LogP contribution < -0.4 is 9.64 Å². The van der Waals surface area contributed by atoms with Gasteiger partial charge in [-0.3, -0.25) is 4.79 Å². The zero-order valence-corrected chi connectivity index (χ0v) is 18.9. The van der Waals surface area contributed by atoms with Crippen molar-refractivity contribution in [1.82, 2.24) is 29.9 Å². The van der Waals surface area contributed by atoms with Crippen LogP contribution in [-0.2, 0) is 12.8 Å². The number of fused-ring (bicyclic) bond motifs is 2. The molecule has 170 valence electrons. The molecule has 0 saturated carbocycles. The fourth-order valence-electron chi connectivity index (χ4n) is 5.44. The Morgan fingerprint density at radius 2 is 1.97 bits per heavy atom. The first-order chi connectivity index (χ1) is 16.1. The van der Waals surface area contributed by atoms with Crippen molar-refractivity contribution in [3.8, 4) is 11.4 Å². The first-order valence-corrected chi connectivity index (χ1v) is 11.6. The molecule has 0 bridgehead atoms. The number of ether oxygens (including phenoxy) is 1. The largest absolute Gasteiger partial charge is 0.497 e. The molecule has 1 amide bonds. The quantitative estimate of drug-likeness (QED) is 0.608. The molecule has 2 aliphatic heterocycles. The fourth-order valence-corrected chi connectivity index (χ4v) is 5.44. The number of hydrogen-bond donors (Lipinski definition) is 0. The summed E-state index contributed by atoms with van der Waals surface area (Å²) in [6, 6.07) is 5.58. The number of likely N-dealkylation sites (tertiary alicyclic amines) is 1. The summed E-state index contributed by atoms with van der Waals surface area (Å²) >= 11 is 0. The molecule has 0 N–H and O–H groups in total. The molecule has 6 rings (SSSR count). The van der Waals surface area contributed by atoms with Crippen molar-refractivity contribution < 1.29 is 9.53 Å². The number of benzene rings is 1. The summed E-state index contributed by atoms with van der Waals surface area (Å²) in [4.78, 5) is 29.1. The highest BCUT2D eigenvalue weighted by Crippen LogP contribution is 2.36. The van der Waals surface area contributed by atoms with Crippen molar-refractivity contribution in [2.75, 3.05) is 31.6 Å². The minimum absolute atomic E-state index is 0.0182. The summed E-state index contributed by atoms with van der Waals surface area (Å²) in [7, 11) is 1.60. The van der Waals surface area contributed by atoms with E-state index in [1.54, 1.807) is 25.6 Å². The van der Waals surface area contributed by atoms with E-state index in [0.717, 1.165) is 57.0 Å². The van der Waals surface area contributed by atoms with Gasteiger partial charge in [0.15, 0.2) is 0 Å². The molecule has 1 aromatic carbocycles. The standard InChI is InChI=1S/C24H27N7O2/c1-15-18-4-3-5-20(18)28-24(27-15)29-11-8-16-13-30(22(16)14-29)23(32)19-12-17(33-2)6-7-21(19)31-25-9-10-26-31/h6-7,9-10,12,16,22H,3-5,8,11,13-14H2,1-2H3/t16-,22-/m1/s1. The topological polar surface area (TPSA) is 89.3 Å². The van der Waals surface area contributed by atoms with Gasteiger partial charge >= 0.3 is 0 Å². The lowest BCUT2D eigenvalue weighted by Crippen LogP contribution is -2.66. The average molecular weight is 446 g/mol. The van der Waals surface area contributed by atoms with Gasteiger partial charge in [-0.25, -0.2) is 9.97 Å². The van der Waals surface area contributed by atoms with Crippen LogP contribution in [0.4, 0.5) is 5.95 Å². The van der Waals surface area contributed by atoms with Crippen LogP contribution in [-0.4, -0.2) is 68.6 Å².